The van der Waals surface area contributed by atoms with Crippen molar-refractivity contribution in [3.8, 4) is 0 Å². The Hall–Kier alpha value is -2.50. The van der Waals surface area contributed by atoms with Crippen LogP contribution < -0.4 is 16.8 Å². The average Bonchev–Trinajstić information content (AvgIpc) is 2.62. The molecule has 88 valence electrons. The molecule has 1 heterocycles. The van der Waals surface area contributed by atoms with E-state index in [4.69, 9.17) is 11.5 Å². The van der Waals surface area contributed by atoms with Crippen molar-refractivity contribution >= 4 is 23.1 Å². The number of hydrogen-bond acceptors (Lipinski definition) is 4. The van der Waals surface area contributed by atoms with Crippen molar-refractivity contribution in [2.24, 2.45) is 0 Å². The Balaban J connectivity index is 2.19. The third-order valence-corrected chi connectivity index (χ3v) is 2.19. The van der Waals surface area contributed by atoms with Gasteiger partial charge in [0.25, 0.3) is 5.91 Å². The first kappa shape index (κ1) is 11.0. The van der Waals surface area contributed by atoms with Gasteiger partial charge in [-0.1, -0.05) is 0 Å². The van der Waals surface area contributed by atoms with Gasteiger partial charge in [-0.05, 0) is 25.1 Å². The van der Waals surface area contributed by atoms with E-state index in [1.54, 1.807) is 24.3 Å². The van der Waals surface area contributed by atoms with E-state index in [9.17, 15) is 4.79 Å². The molecule has 1 aromatic carbocycles. The van der Waals surface area contributed by atoms with Gasteiger partial charge >= 0.3 is 0 Å². The molecule has 2 aromatic rings. The van der Waals surface area contributed by atoms with E-state index in [1.165, 1.54) is 0 Å². The summed E-state index contributed by atoms with van der Waals surface area (Å²) in [6.07, 6.45) is 0. The number of hydrogen-bond donors (Lipinski definition) is 4. The number of nitrogens with two attached hydrogens (primary N) is 2. The molecule has 0 spiro atoms. The summed E-state index contributed by atoms with van der Waals surface area (Å²) in [4.78, 5) is 11.9. The first-order chi connectivity index (χ1) is 8.04. The third-order valence-electron chi connectivity index (χ3n) is 2.19. The lowest BCUT2D eigenvalue weighted by Crippen LogP contribution is -2.13. The molecule has 2 rings (SSSR count). The van der Waals surface area contributed by atoms with Gasteiger partial charge < -0.3 is 16.8 Å². The summed E-state index contributed by atoms with van der Waals surface area (Å²) in [5, 5.41) is 9.28. The van der Waals surface area contributed by atoms with E-state index in [1.807, 2.05) is 6.92 Å². The van der Waals surface area contributed by atoms with Crippen molar-refractivity contribution in [2.75, 3.05) is 16.8 Å². The summed E-state index contributed by atoms with van der Waals surface area (Å²) >= 11 is 0. The Morgan fingerprint density at radius 1 is 1.24 bits per heavy atom. The largest absolute Gasteiger partial charge is 0.399 e. The summed E-state index contributed by atoms with van der Waals surface area (Å²) in [5.41, 5.74) is 13.4. The molecule has 0 atom stereocenters. The van der Waals surface area contributed by atoms with Crippen molar-refractivity contribution in [1.29, 1.82) is 0 Å². The molecule has 0 unspecified atom stereocenters. The van der Waals surface area contributed by atoms with Gasteiger partial charge in [-0.25, -0.2) is 0 Å². The quantitative estimate of drug-likeness (QED) is 0.581. The van der Waals surface area contributed by atoms with Crippen molar-refractivity contribution in [1.82, 2.24) is 10.2 Å². The number of nitrogens with zero attached hydrogens (tertiary/aromatic N) is 1. The van der Waals surface area contributed by atoms with E-state index in [2.05, 4.69) is 15.5 Å². The maximum absolute atomic E-state index is 11.9. The van der Waals surface area contributed by atoms with E-state index in [0.717, 1.165) is 5.69 Å². The zero-order valence-corrected chi connectivity index (χ0v) is 9.32. The van der Waals surface area contributed by atoms with E-state index < -0.39 is 0 Å². The van der Waals surface area contributed by atoms with E-state index >= 15 is 0 Å². The van der Waals surface area contributed by atoms with Crippen molar-refractivity contribution < 1.29 is 4.79 Å². The van der Waals surface area contributed by atoms with Crippen LogP contribution in [0.5, 0.6) is 0 Å². The Morgan fingerprint density at radius 2 is 1.88 bits per heavy atom. The summed E-state index contributed by atoms with van der Waals surface area (Å²) in [5.74, 6) is 0.170. The van der Waals surface area contributed by atoms with Gasteiger partial charge in [0.05, 0.1) is 0 Å². The fourth-order valence-electron chi connectivity index (χ4n) is 1.48. The molecule has 0 aliphatic rings. The molecule has 1 amide bonds. The second-order valence-corrected chi connectivity index (χ2v) is 3.78. The van der Waals surface area contributed by atoms with Gasteiger partial charge in [0.2, 0.25) is 0 Å². The number of aryl methyl sites for hydroxylation is 1. The second-order valence-electron chi connectivity index (χ2n) is 3.78. The van der Waals surface area contributed by atoms with Gasteiger partial charge in [-0.2, -0.15) is 5.10 Å². The molecule has 17 heavy (non-hydrogen) atoms. The standard InChI is InChI=1S/C11H13N5O/c1-6-2-10(16-15-6)14-11(17)7-3-8(12)5-9(13)4-7/h2-5H,12-13H2,1H3,(H2,14,15,16,17). The zero-order chi connectivity index (χ0) is 12.4. The Kier molecular flexibility index (Phi) is 2.70. The van der Waals surface area contributed by atoms with Crippen molar-refractivity contribution in [3.05, 3.63) is 35.5 Å². The lowest BCUT2D eigenvalue weighted by Gasteiger charge is -2.04. The van der Waals surface area contributed by atoms with Gasteiger partial charge in [0.15, 0.2) is 5.82 Å². The van der Waals surface area contributed by atoms with Crippen LogP contribution in [0.3, 0.4) is 0 Å². The van der Waals surface area contributed by atoms with Gasteiger partial charge in [-0.15, -0.1) is 0 Å². The molecule has 1 aromatic heterocycles. The van der Waals surface area contributed by atoms with Crippen LogP contribution in [0.2, 0.25) is 0 Å². The number of nitrogens with one attached hydrogen (secondary N) is 2. The molecule has 6 N–H and O–H groups in total. The number of benzene rings is 1. The first-order valence-corrected chi connectivity index (χ1v) is 5.04. The molecule has 0 aliphatic heterocycles. The molecule has 0 fully saturated rings. The molecule has 0 bridgehead atoms. The summed E-state index contributed by atoms with van der Waals surface area (Å²) in [7, 11) is 0. The predicted molar refractivity (Wildman–Crippen MR) is 66.5 cm³/mol. The van der Waals surface area contributed by atoms with E-state index in [0.29, 0.717) is 22.8 Å². The number of anilines is 3. The smallest absolute Gasteiger partial charge is 0.257 e. The summed E-state index contributed by atoms with van der Waals surface area (Å²) in [6.45, 7) is 1.85. The van der Waals surface area contributed by atoms with Crippen LogP contribution >= 0.6 is 0 Å². The Labute approximate surface area is 98.0 Å². The second kappa shape index (κ2) is 4.17. The lowest BCUT2D eigenvalue weighted by atomic mass is 10.1. The van der Waals surface area contributed by atoms with Gasteiger partial charge in [-0.3, -0.25) is 9.89 Å². The maximum atomic E-state index is 11.9. The van der Waals surface area contributed by atoms with Crippen molar-refractivity contribution in [3.63, 3.8) is 0 Å². The maximum Gasteiger partial charge on any atom is 0.257 e. The molecule has 0 saturated heterocycles. The van der Waals surface area contributed by atoms with Crippen LogP contribution in [-0.4, -0.2) is 16.1 Å². The minimum Gasteiger partial charge on any atom is -0.399 e. The van der Waals surface area contributed by atoms with E-state index in [-0.39, 0.29) is 5.91 Å². The number of aromatic amines is 1. The summed E-state index contributed by atoms with van der Waals surface area (Å²) in [6, 6.07) is 6.44. The highest BCUT2D eigenvalue weighted by Gasteiger charge is 2.09. The first-order valence-electron chi connectivity index (χ1n) is 5.04. The number of aromatic nitrogens is 2. The SMILES string of the molecule is Cc1cc(NC(=O)c2cc(N)cc(N)c2)n[nH]1. The van der Waals surface area contributed by atoms with Crippen LogP contribution in [0.4, 0.5) is 17.2 Å². The van der Waals surface area contributed by atoms with Crippen LogP contribution in [0.25, 0.3) is 0 Å². The number of rotatable bonds is 2. The molecule has 0 aliphatic carbocycles. The molecule has 0 saturated carbocycles. The molecule has 6 nitrogen and oxygen atoms in total. The van der Waals surface area contributed by atoms with Crippen molar-refractivity contribution in [2.45, 2.75) is 6.92 Å². The highest BCUT2D eigenvalue weighted by Crippen LogP contribution is 2.15. The Bertz CT molecular complexity index is 540. The molecular formula is C11H13N5O. The number of nitrogen functional groups attached to an aromatic ring is 2. The fourth-order valence-corrected chi connectivity index (χ4v) is 1.48. The molecule has 6 heteroatoms. The van der Waals surface area contributed by atoms with Gasteiger partial charge in [0.1, 0.15) is 0 Å². The number of carbonyl (C=O) groups excluding carboxylic acids is 1. The highest BCUT2D eigenvalue weighted by atomic mass is 16.1. The van der Waals surface area contributed by atoms with Gasteiger partial charge in [0, 0.05) is 28.7 Å². The topological polar surface area (TPSA) is 110 Å². The fraction of sp³-hybridized carbons (Fsp3) is 0.0909. The van der Waals surface area contributed by atoms with Crippen LogP contribution in [0.1, 0.15) is 16.1 Å². The van der Waals surface area contributed by atoms with Crippen LogP contribution in [0, 0.1) is 6.92 Å². The predicted octanol–water partition coefficient (Wildman–Crippen LogP) is 1.13. The summed E-state index contributed by atoms with van der Waals surface area (Å²) < 4.78 is 0. The lowest BCUT2D eigenvalue weighted by molar-refractivity contribution is 0.102. The van der Waals surface area contributed by atoms with Crippen LogP contribution in [-0.2, 0) is 0 Å². The Morgan fingerprint density at radius 3 is 2.41 bits per heavy atom. The number of carbonyl (C=O) groups is 1. The molecule has 0 radical (unpaired) electrons. The third kappa shape index (κ3) is 2.54. The normalized spacial score (nSPS) is 10.2. The zero-order valence-electron chi connectivity index (χ0n) is 9.32. The van der Waals surface area contributed by atoms with Crippen LogP contribution in [0.15, 0.2) is 24.3 Å². The average molecular weight is 231 g/mol. The highest BCUT2D eigenvalue weighted by molar-refractivity contribution is 6.04. The minimum absolute atomic E-state index is 0.296. The number of H-pyrrole nitrogens is 1. The minimum atomic E-state index is -0.296. The number of amides is 1. The monoisotopic (exact) mass is 231 g/mol. The molecular weight excluding hydrogens is 218 g/mol.